The number of carbonyl (C=O) groups is 1. The molecule has 0 heterocycles. The molecule has 0 aliphatic rings. The molecule has 0 radical (unpaired) electrons. The summed E-state index contributed by atoms with van der Waals surface area (Å²) in [5, 5.41) is 5.52. The molecular weight excluding hydrogens is 320 g/mol. The molecule has 6 heteroatoms. The van der Waals surface area contributed by atoms with Crippen molar-refractivity contribution in [1.29, 1.82) is 0 Å². The van der Waals surface area contributed by atoms with Crippen molar-refractivity contribution < 1.29 is 19.0 Å². The van der Waals surface area contributed by atoms with Gasteiger partial charge in [0.2, 0.25) is 0 Å². The van der Waals surface area contributed by atoms with Gasteiger partial charge in [0.25, 0.3) is 0 Å². The van der Waals surface area contributed by atoms with Crippen LogP contribution in [0.2, 0.25) is 0 Å². The lowest BCUT2D eigenvalue weighted by Crippen LogP contribution is -2.32. The Bertz CT molecular complexity index is 659. The van der Waals surface area contributed by atoms with Crippen LogP contribution in [-0.4, -0.2) is 32.4 Å². The molecule has 2 aromatic carbocycles. The first-order chi connectivity index (χ1) is 12.2. The molecule has 6 nitrogen and oxygen atoms in total. The second-order valence-corrected chi connectivity index (χ2v) is 5.06. The number of rotatable bonds is 9. The van der Waals surface area contributed by atoms with Gasteiger partial charge in [0.05, 0.1) is 25.4 Å². The molecular formula is C19H24N2O4. The smallest absolute Gasteiger partial charge is 0.319 e. The lowest BCUT2D eigenvalue weighted by atomic mass is 10.3. The highest BCUT2D eigenvalue weighted by Crippen LogP contribution is 2.23. The molecule has 0 saturated carbocycles. The van der Waals surface area contributed by atoms with E-state index in [4.69, 9.17) is 14.2 Å². The van der Waals surface area contributed by atoms with Gasteiger partial charge in [-0.15, -0.1) is 0 Å². The van der Waals surface area contributed by atoms with Gasteiger partial charge in [-0.2, -0.15) is 0 Å². The molecule has 2 amide bonds. The van der Waals surface area contributed by atoms with E-state index in [1.165, 1.54) is 0 Å². The molecule has 134 valence electrons. The Hall–Kier alpha value is -2.89. The third kappa shape index (κ3) is 6.25. The number of amides is 2. The predicted molar refractivity (Wildman–Crippen MR) is 97.7 cm³/mol. The van der Waals surface area contributed by atoms with Crippen LogP contribution in [0.1, 0.15) is 13.8 Å². The van der Waals surface area contributed by atoms with E-state index in [-0.39, 0.29) is 6.03 Å². The zero-order chi connectivity index (χ0) is 17.9. The number of ether oxygens (including phenoxy) is 3. The molecule has 0 saturated heterocycles. The zero-order valence-electron chi connectivity index (χ0n) is 14.6. The highest BCUT2D eigenvalue weighted by Gasteiger charge is 2.06. The Morgan fingerprint density at radius 1 is 0.880 bits per heavy atom. The molecule has 0 unspecified atom stereocenters. The SMILES string of the molecule is CCOc1ccc(OCCNC(=O)Nc2ccccc2OCC)cc1. The van der Waals surface area contributed by atoms with Crippen LogP contribution in [0.4, 0.5) is 10.5 Å². The number of benzene rings is 2. The van der Waals surface area contributed by atoms with E-state index in [1.54, 1.807) is 6.07 Å². The number of anilines is 1. The first kappa shape index (κ1) is 18.4. The molecule has 25 heavy (non-hydrogen) atoms. The molecule has 0 spiro atoms. The molecule has 2 N–H and O–H groups in total. The molecule has 0 aromatic heterocycles. The minimum atomic E-state index is -0.303. The first-order valence-electron chi connectivity index (χ1n) is 8.35. The van der Waals surface area contributed by atoms with Gasteiger partial charge < -0.3 is 24.8 Å². The maximum Gasteiger partial charge on any atom is 0.319 e. The first-order valence-corrected chi connectivity index (χ1v) is 8.35. The third-order valence-corrected chi connectivity index (χ3v) is 3.23. The quantitative estimate of drug-likeness (QED) is 0.681. The Morgan fingerprint density at radius 2 is 1.52 bits per heavy atom. The standard InChI is InChI=1S/C19H24N2O4/c1-3-23-15-9-11-16(12-10-15)25-14-13-20-19(22)21-17-7-5-6-8-18(17)24-4-2/h5-12H,3-4,13-14H2,1-2H3,(H2,20,21,22). The van der Waals surface area contributed by atoms with Gasteiger partial charge in [-0.05, 0) is 50.2 Å². The van der Waals surface area contributed by atoms with Crippen molar-refractivity contribution in [3.05, 3.63) is 48.5 Å². The molecule has 0 fully saturated rings. The van der Waals surface area contributed by atoms with E-state index in [9.17, 15) is 4.79 Å². The second kappa shape index (κ2) is 10.1. The van der Waals surface area contributed by atoms with E-state index in [0.717, 1.165) is 11.5 Å². The minimum absolute atomic E-state index is 0.303. The molecule has 0 aliphatic heterocycles. The number of carbonyl (C=O) groups excluding carboxylic acids is 1. The van der Waals surface area contributed by atoms with E-state index in [1.807, 2.05) is 56.3 Å². The lowest BCUT2D eigenvalue weighted by molar-refractivity contribution is 0.247. The van der Waals surface area contributed by atoms with Gasteiger partial charge in [-0.3, -0.25) is 0 Å². The fourth-order valence-electron chi connectivity index (χ4n) is 2.15. The minimum Gasteiger partial charge on any atom is -0.494 e. The maximum atomic E-state index is 11.9. The van der Waals surface area contributed by atoms with Crippen molar-refractivity contribution in [2.45, 2.75) is 13.8 Å². The molecule has 0 atom stereocenters. The van der Waals surface area contributed by atoms with E-state index >= 15 is 0 Å². The Labute approximate surface area is 148 Å². The van der Waals surface area contributed by atoms with Gasteiger partial charge in [-0.25, -0.2) is 4.79 Å². The number of hydrogen-bond acceptors (Lipinski definition) is 4. The van der Waals surface area contributed by atoms with Crippen LogP contribution < -0.4 is 24.8 Å². The fourth-order valence-corrected chi connectivity index (χ4v) is 2.15. The molecule has 2 aromatic rings. The Balaban J connectivity index is 1.72. The van der Waals surface area contributed by atoms with E-state index in [2.05, 4.69) is 10.6 Å². The maximum absolute atomic E-state index is 11.9. The average Bonchev–Trinajstić information content (AvgIpc) is 2.62. The summed E-state index contributed by atoms with van der Waals surface area (Å²) in [7, 11) is 0. The highest BCUT2D eigenvalue weighted by atomic mass is 16.5. The Kier molecular flexibility index (Phi) is 7.43. The van der Waals surface area contributed by atoms with Crippen molar-refractivity contribution >= 4 is 11.7 Å². The topological polar surface area (TPSA) is 68.8 Å². The second-order valence-electron chi connectivity index (χ2n) is 5.06. The zero-order valence-corrected chi connectivity index (χ0v) is 14.6. The van der Waals surface area contributed by atoms with Crippen LogP contribution in [0, 0.1) is 0 Å². The molecule has 0 aliphatic carbocycles. The van der Waals surface area contributed by atoms with Gasteiger partial charge in [0, 0.05) is 0 Å². The number of para-hydroxylation sites is 2. The lowest BCUT2D eigenvalue weighted by Gasteiger charge is -2.12. The number of urea groups is 1. The van der Waals surface area contributed by atoms with Crippen LogP contribution in [0.3, 0.4) is 0 Å². The average molecular weight is 344 g/mol. The third-order valence-electron chi connectivity index (χ3n) is 3.23. The van der Waals surface area contributed by atoms with Crippen LogP contribution >= 0.6 is 0 Å². The predicted octanol–water partition coefficient (Wildman–Crippen LogP) is 3.68. The summed E-state index contributed by atoms with van der Waals surface area (Å²) in [5.41, 5.74) is 0.634. The van der Waals surface area contributed by atoms with Crippen molar-refractivity contribution in [3.63, 3.8) is 0 Å². The van der Waals surface area contributed by atoms with Gasteiger partial charge in [-0.1, -0.05) is 12.1 Å². The van der Waals surface area contributed by atoms with Gasteiger partial charge in [0.1, 0.15) is 23.9 Å². The highest BCUT2D eigenvalue weighted by molar-refractivity contribution is 5.90. The molecule has 0 bridgehead atoms. The summed E-state index contributed by atoms with van der Waals surface area (Å²) < 4.78 is 16.4. The van der Waals surface area contributed by atoms with Crippen LogP contribution in [-0.2, 0) is 0 Å². The normalized spacial score (nSPS) is 10.0. The van der Waals surface area contributed by atoms with Gasteiger partial charge in [0.15, 0.2) is 0 Å². The monoisotopic (exact) mass is 344 g/mol. The number of hydrogen-bond donors (Lipinski definition) is 2. The summed E-state index contributed by atoms with van der Waals surface area (Å²) >= 11 is 0. The Morgan fingerprint density at radius 3 is 2.20 bits per heavy atom. The summed E-state index contributed by atoms with van der Waals surface area (Å²) in [5.74, 6) is 2.18. The number of nitrogens with one attached hydrogen (secondary N) is 2. The van der Waals surface area contributed by atoms with Crippen molar-refractivity contribution in [2.24, 2.45) is 0 Å². The summed E-state index contributed by atoms with van der Waals surface area (Å²) in [6.45, 7) is 5.76. The van der Waals surface area contributed by atoms with E-state index < -0.39 is 0 Å². The largest absolute Gasteiger partial charge is 0.494 e. The van der Waals surface area contributed by atoms with Crippen molar-refractivity contribution in [1.82, 2.24) is 5.32 Å². The summed E-state index contributed by atoms with van der Waals surface area (Å²) in [4.78, 5) is 11.9. The van der Waals surface area contributed by atoms with Crippen LogP contribution in [0.5, 0.6) is 17.2 Å². The van der Waals surface area contributed by atoms with E-state index in [0.29, 0.717) is 37.8 Å². The summed E-state index contributed by atoms with van der Waals surface area (Å²) in [6.07, 6.45) is 0. The van der Waals surface area contributed by atoms with Crippen LogP contribution in [0.25, 0.3) is 0 Å². The van der Waals surface area contributed by atoms with Crippen molar-refractivity contribution in [3.8, 4) is 17.2 Å². The fraction of sp³-hybridized carbons (Fsp3) is 0.316. The molecule has 2 rings (SSSR count). The van der Waals surface area contributed by atoms with Gasteiger partial charge >= 0.3 is 6.03 Å². The summed E-state index contributed by atoms with van der Waals surface area (Å²) in [6, 6.07) is 14.4. The van der Waals surface area contributed by atoms with Crippen molar-refractivity contribution in [2.75, 3.05) is 31.7 Å². The van der Waals surface area contributed by atoms with Crippen LogP contribution in [0.15, 0.2) is 48.5 Å².